The second kappa shape index (κ2) is 7.59. The minimum absolute atomic E-state index is 0.123. The van der Waals surface area contributed by atoms with Crippen LogP contribution in [0.1, 0.15) is 35.3 Å². The zero-order valence-corrected chi connectivity index (χ0v) is 12.5. The van der Waals surface area contributed by atoms with Crippen molar-refractivity contribution in [3.05, 3.63) is 33.5 Å². The minimum Gasteiger partial charge on any atom is -0.454 e. The molecule has 6 heteroatoms. The number of amides is 1. The zero-order chi connectivity index (χ0) is 15.1. The Kier molecular flexibility index (Phi) is 6.11. The SMILES string of the molecule is CC(=O)NCc1ccc(C(=O)COC(=O)C=C(C)C)s1. The van der Waals surface area contributed by atoms with Crippen LogP contribution in [0.2, 0.25) is 0 Å². The smallest absolute Gasteiger partial charge is 0.331 e. The van der Waals surface area contributed by atoms with E-state index in [4.69, 9.17) is 4.74 Å². The van der Waals surface area contributed by atoms with Crippen molar-refractivity contribution in [1.82, 2.24) is 5.32 Å². The maximum atomic E-state index is 11.8. The number of Topliss-reactive ketones (excluding diaryl/α,β-unsaturated/α-hetero) is 1. The highest BCUT2D eigenvalue weighted by molar-refractivity contribution is 7.14. The van der Waals surface area contributed by atoms with Crippen molar-refractivity contribution < 1.29 is 19.1 Å². The van der Waals surface area contributed by atoms with Crippen LogP contribution in [0.25, 0.3) is 0 Å². The number of carbonyl (C=O) groups excluding carboxylic acids is 3. The first-order chi connectivity index (χ1) is 9.38. The molecule has 0 aromatic carbocycles. The molecule has 1 N–H and O–H groups in total. The lowest BCUT2D eigenvalue weighted by Gasteiger charge is -2.00. The second-order valence-corrected chi connectivity index (χ2v) is 5.60. The summed E-state index contributed by atoms with van der Waals surface area (Å²) in [5.41, 5.74) is 0.816. The van der Waals surface area contributed by atoms with Crippen LogP contribution in [0.4, 0.5) is 0 Å². The van der Waals surface area contributed by atoms with E-state index in [1.54, 1.807) is 26.0 Å². The average Bonchev–Trinajstić information content (AvgIpc) is 2.81. The van der Waals surface area contributed by atoms with Crippen LogP contribution in [-0.4, -0.2) is 24.3 Å². The number of allylic oxidation sites excluding steroid dienone is 1. The Hall–Kier alpha value is -1.95. The molecule has 108 valence electrons. The standard InChI is InChI=1S/C14H17NO4S/c1-9(2)6-14(18)19-8-12(17)13-5-4-11(20-13)7-15-10(3)16/h4-6H,7-8H2,1-3H3,(H,15,16). The van der Waals surface area contributed by atoms with Gasteiger partial charge in [0.05, 0.1) is 11.4 Å². The zero-order valence-electron chi connectivity index (χ0n) is 11.7. The summed E-state index contributed by atoms with van der Waals surface area (Å²) in [5, 5.41) is 2.65. The predicted molar refractivity (Wildman–Crippen MR) is 76.6 cm³/mol. The summed E-state index contributed by atoms with van der Waals surface area (Å²) in [7, 11) is 0. The van der Waals surface area contributed by atoms with Crippen LogP contribution in [0, 0.1) is 0 Å². The number of thiophene rings is 1. The van der Waals surface area contributed by atoms with Crippen molar-refractivity contribution >= 4 is 29.0 Å². The van der Waals surface area contributed by atoms with Crippen molar-refractivity contribution in [3.8, 4) is 0 Å². The largest absolute Gasteiger partial charge is 0.454 e. The molecule has 0 radical (unpaired) electrons. The summed E-state index contributed by atoms with van der Waals surface area (Å²) in [6, 6.07) is 3.44. The van der Waals surface area contributed by atoms with Gasteiger partial charge in [-0.2, -0.15) is 0 Å². The van der Waals surface area contributed by atoms with Crippen molar-refractivity contribution in [1.29, 1.82) is 0 Å². The Morgan fingerprint density at radius 3 is 2.55 bits per heavy atom. The van der Waals surface area contributed by atoms with E-state index >= 15 is 0 Å². The van der Waals surface area contributed by atoms with Crippen LogP contribution in [0.15, 0.2) is 23.8 Å². The van der Waals surface area contributed by atoms with E-state index in [0.717, 1.165) is 10.5 Å². The van der Waals surface area contributed by atoms with Gasteiger partial charge in [-0.3, -0.25) is 9.59 Å². The van der Waals surface area contributed by atoms with E-state index in [1.165, 1.54) is 24.3 Å². The average molecular weight is 295 g/mol. The summed E-state index contributed by atoms with van der Waals surface area (Å²) >= 11 is 1.28. The molecule has 5 nitrogen and oxygen atoms in total. The fourth-order valence-corrected chi connectivity index (χ4v) is 2.19. The van der Waals surface area contributed by atoms with Gasteiger partial charge in [0.15, 0.2) is 6.61 Å². The number of ketones is 1. The van der Waals surface area contributed by atoms with E-state index in [-0.39, 0.29) is 18.3 Å². The van der Waals surface area contributed by atoms with Crippen LogP contribution >= 0.6 is 11.3 Å². The Morgan fingerprint density at radius 1 is 1.25 bits per heavy atom. The summed E-state index contributed by atoms with van der Waals surface area (Å²) in [6.45, 7) is 5.10. The van der Waals surface area contributed by atoms with E-state index in [9.17, 15) is 14.4 Å². The molecule has 0 aliphatic heterocycles. The molecule has 0 atom stereocenters. The lowest BCUT2D eigenvalue weighted by Crippen LogP contribution is -2.18. The van der Waals surface area contributed by atoms with E-state index < -0.39 is 5.97 Å². The second-order valence-electron chi connectivity index (χ2n) is 4.43. The Labute approximate surface area is 121 Å². The highest BCUT2D eigenvalue weighted by Crippen LogP contribution is 2.17. The van der Waals surface area contributed by atoms with Crippen molar-refractivity contribution in [2.45, 2.75) is 27.3 Å². The number of rotatable bonds is 6. The molecule has 1 amide bonds. The molecule has 1 heterocycles. The van der Waals surface area contributed by atoms with Gasteiger partial charge in [0.25, 0.3) is 0 Å². The molecule has 0 unspecified atom stereocenters. The fourth-order valence-electron chi connectivity index (χ4n) is 1.32. The summed E-state index contributed by atoms with van der Waals surface area (Å²) in [6.07, 6.45) is 1.34. The number of nitrogens with one attached hydrogen (secondary N) is 1. The number of carbonyl (C=O) groups is 3. The topological polar surface area (TPSA) is 72.5 Å². The maximum absolute atomic E-state index is 11.8. The number of ether oxygens (including phenoxy) is 1. The van der Waals surface area contributed by atoms with Gasteiger partial charge in [-0.25, -0.2) is 4.79 Å². The molecule has 1 aromatic heterocycles. The molecular weight excluding hydrogens is 278 g/mol. The van der Waals surface area contributed by atoms with Gasteiger partial charge in [-0.05, 0) is 26.0 Å². The number of hydrogen-bond acceptors (Lipinski definition) is 5. The molecule has 0 aliphatic carbocycles. The van der Waals surface area contributed by atoms with E-state index in [2.05, 4.69) is 5.32 Å². The fraction of sp³-hybridized carbons (Fsp3) is 0.357. The molecular formula is C14H17NO4S. The van der Waals surface area contributed by atoms with E-state index in [1.807, 2.05) is 0 Å². The third kappa shape index (κ3) is 5.79. The summed E-state index contributed by atoms with van der Waals surface area (Å²) in [4.78, 5) is 35.3. The molecule has 0 saturated heterocycles. The third-order valence-corrected chi connectivity index (χ3v) is 3.33. The minimum atomic E-state index is -0.520. The van der Waals surface area contributed by atoms with Gasteiger partial charge in [-0.15, -0.1) is 11.3 Å². The molecule has 0 saturated carbocycles. The van der Waals surface area contributed by atoms with Crippen molar-refractivity contribution in [3.63, 3.8) is 0 Å². The lowest BCUT2D eigenvalue weighted by atomic mass is 10.3. The first-order valence-corrected chi connectivity index (χ1v) is 6.88. The summed E-state index contributed by atoms with van der Waals surface area (Å²) in [5.74, 6) is -0.894. The molecule has 0 aliphatic rings. The summed E-state index contributed by atoms with van der Waals surface area (Å²) < 4.78 is 4.85. The van der Waals surface area contributed by atoms with Crippen LogP contribution in [0.3, 0.4) is 0 Å². The Morgan fingerprint density at radius 2 is 1.95 bits per heavy atom. The van der Waals surface area contributed by atoms with Crippen LogP contribution < -0.4 is 5.32 Å². The maximum Gasteiger partial charge on any atom is 0.331 e. The Bertz CT molecular complexity index is 541. The molecule has 1 rings (SSSR count). The van der Waals surface area contributed by atoms with Crippen molar-refractivity contribution in [2.24, 2.45) is 0 Å². The van der Waals surface area contributed by atoms with Gasteiger partial charge < -0.3 is 10.1 Å². The van der Waals surface area contributed by atoms with Crippen LogP contribution in [0.5, 0.6) is 0 Å². The molecule has 0 spiro atoms. The Balaban J connectivity index is 2.50. The van der Waals surface area contributed by atoms with Gasteiger partial charge in [0.1, 0.15) is 0 Å². The first kappa shape index (κ1) is 16.1. The van der Waals surface area contributed by atoms with Gasteiger partial charge in [0, 0.05) is 17.9 Å². The molecule has 20 heavy (non-hydrogen) atoms. The van der Waals surface area contributed by atoms with Gasteiger partial charge in [0.2, 0.25) is 11.7 Å². The van der Waals surface area contributed by atoms with Gasteiger partial charge >= 0.3 is 5.97 Å². The normalized spacial score (nSPS) is 9.75. The molecule has 0 fully saturated rings. The number of esters is 1. The van der Waals surface area contributed by atoms with Gasteiger partial charge in [-0.1, -0.05) is 5.57 Å². The quantitative estimate of drug-likeness (QED) is 0.495. The highest BCUT2D eigenvalue weighted by Gasteiger charge is 2.11. The number of hydrogen-bond donors (Lipinski definition) is 1. The monoisotopic (exact) mass is 295 g/mol. The lowest BCUT2D eigenvalue weighted by molar-refractivity contribution is -0.136. The van der Waals surface area contributed by atoms with Crippen molar-refractivity contribution in [2.75, 3.05) is 6.61 Å². The molecule has 0 bridgehead atoms. The predicted octanol–water partition coefficient (Wildman–Crippen LogP) is 2.08. The highest BCUT2D eigenvalue weighted by atomic mass is 32.1. The first-order valence-electron chi connectivity index (χ1n) is 6.06. The van der Waals surface area contributed by atoms with E-state index in [0.29, 0.717) is 11.4 Å². The molecule has 1 aromatic rings. The third-order valence-electron chi connectivity index (χ3n) is 2.20. The van der Waals surface area contributed by atoms with Crippen LogP contribution in [-0.2, 0) is 20.9 Å².